The summed E-state index contributed by atoms with van der Waals surface area (Å²) in [6.45, 7) is 4.17. The van der Waals surface area contributed by atoms with Gasteiger partial charge >= 0.3 is 0 Å². The molecule has 2 aromatic rings. The summed E-state index contributed by atoms with van der Waals surface area (Å²) < 4.78 is 6.05. The third-order valence-electron chi connectivity index (χ3n) is 4.04. The van der Waals surface area contributed by atoms with Crippen LogP contribution in [0.5, 0.6) is 5.88 Å². The number of hydrogen-bond acceptors (Lipinski definition) is 4. The number of carbonyl (C=O) groups excluding carboxylic acids is 1. The van der Waals surface area contributed by atoms with Crippen LogP contribution in [0.4, 0.5) is 0 Å². The van der Waals surface area contributed by atoms with E-state index in [1.165, 1.54) is 0 Å². The Balaban J connectivity index is 1.82. The van der Waals surface area contributed by atoms with Gasteiger partial charge in [0.05, 0.1) is 5.69 Å². The average molecular weight is 296 g/mol. The van der Waals surface area contributed by atoms with E-state index in [2.05, 4.69) is 23.9 Å². The molecule has 1 aliphatic rings. The van der Waals surface area contributed by atoms with Gasteiger partial charge in [-0.1, -0.05) is 31.2 Å². The van der Waals surface area contributed by atoms with E-state index < -0.39 is 0 Å². The number of hydrogen-bond donors (Lipinski definition) is 0. The minimum atomic E-state index is 0.175. The van der Waals surface area contributed by atoms with Gasteiger partial charge in [-0.15, -0.1) is 0 Å². The number of carbonyl (C=O) groups is 1. The van der Waals surface area contributed by atoms with Crippen molar-refractivity contribution < 1.29 is 9.53 Å². The fourth-order valence-electron chi connectivity index (χ4n) is 2.89. The van der Waals surface area contributed by atoms with E-state index >= 15 is 0 Å². The summed E-state index contributed by atoms with van der Waals surface area (Å²) in [6, 6.07) is 13.2. The van der Waals surface area contributed by atoms with Gasteiger partial charge in [0.2, 0.25) is 5.88 Å². The molecule has 4 heteroatoms. The Morgan fingerprint density at radius 3 is 2.77 bits per heavy atom. The number of aromatic nitrogens is 1. The summed E-state index contributed by atoms with van der Waals surface area (Å²) in [5.74, 6) is 1.13. The van der Waals surface area contributed by atoms with Crippen molar-refractivity contribution >= 4 is 6.29 Å². The number of rotatable bonds is 4. The summed E-state index contributed by atoms with van der Waals surface area (Å²) >= 11 is 0. The molecule has 22 heavy (non-hydrogen) atoms. The lowest BCUT2D eigenvalue weighted by Crippen LogP contribution is -2.25. The lowest BCUT2D eigenvalue weighted by atomic mass is 10.1. The predicted molar refractivity (Wildman–Crippen MR) is 86.1 cm³/mol. The molecule has 0 saturated carbocycles. The molecule has 1 aromatic heterocycles. The van der Waals surface area contributed by atoms with Gasteiger partial charge in [0.15, 0.2) is 0 Å². The molecule has 114 valence electrons. The molecule has 0 aliphatic carbocycles. The first-order valence-corrected chi connectivity index (χ1v) is 7.53. The second kappa shape index (κ2) is 6.28. The maximum Gasteiger partial charge on any atom is 0.214 e. The first-order chi connectivity index (χ1) is 10.7. The van der Waals surface area contributed by atoms with Crippen LogP contribution < -0.4 is 4.74 Å². The van der Waals surface area contributed by atoms with Gasteiger partial charge in [-0.05, 0) is 19.2 Å². The Bertz CT molecular complexity index is 672. The van der Waals surface area contributed by atoms with Crippen LogP contribution in [0.15, 0.2) is 42.5 Å². The standard InChI is InChI=1S/C18H20N2O2/c1-13-10-20(2)11-17(13)22-18-8-4-7-16(19-18)15-6-3-5-14(9-15)12-21/h3-9,12-13,17H,10-11H2,1-2H3/t13-,17-/m1/s1. The molecule has 0 unspecified atom stereocenters. The van der Waals surface area contributed by atoms with Gasteiger partial charge in [-0.25, -0.2) is 4.98 Å². The van der Waals surface area contributed by atoms with E-state index in [0.717, 1.165) is 30.6 Å². The van der Waals surface area contributed by atoms with E-state index in [4.69, 9.17) is 4.74 Å². The lowest BCUT2D eigenvalue weighted by Gasteiger charge is -2.16. The van der Waals surface area contributed by atoms with Crippen LogP contribution in [0.3, 0.4) is 0 Å². The molecular formula is C18H20N2O2. The summed E-state index contributed by atoms with van der Waals surface area (Å²) in [5, 5.41) is 0. The Kier molecular flexibility index (Phi) is 4.20. The zero-order valence-corrected chi connectivity index (χ0v) is 12.9. The van der Waals surface area contributed by atoms with Crippen molar-refractivity contribution in [3.63, 3.8) is 0 Å². The van der Waals surface area contributed by atoms with Crippen LogP contribution in [0.1, 0.15) is 17.3 Å². The highest BCUT2D eigenvalue weighted by Gasteiger charge is 2.29. The van der Waals surface area contributed by atoms with Crippen LogP contribution in [0.25, 0.3) is 11.3 Å². The number of likely N-dealkylation sites (tertiary alicyclic amines) is 1. The molecule has 1 aliphatic heterocycles. The minimum Gasteiger partial charge on any atom is -0.473 e. The van der Waals surface area contributed by atoms with Crippen LogP contribution in [-0.2, 0) is 0 Å². The fourth-order valence-corrected chi connectivity index (χ4v) is 2.89. The molecule has 3 rings (SSSR count). The quantitative estimate of drug-likeness (QED) is 0.814. The van der Waals surface area contributed by atoms with Gasteiger partial charge in [0, 0.05) is 36.2 Å². The average Bonchev–Trinajstić information content (AvgIpc) is 2.85. The first-order valence-electron chi connectivity index (χ1n) is 7.53. The van der Waals surface area contributed by atoms with Crippen molar-refractivity contribution in [3.05, 3.63) is 48.0 Å². The van der Waals surface area contributed by atoms with Crippen LogP contribution in [0.2, 0.25) is 0 Å². The maximum atomic E-state index is 10.9. The van der Waals surface area contributed by atoms with Crippen molar-refractivity contribution in [2.75, 3.05) is 20.1 Å². The largest absolute Gasteiger partial charge is 0.473 e. The summed E-state index contributed by atoms with van der Waals surface area (Å²) in [7, 11) is 2.11. The number of likely N-dealkylation sites (N-methyl/N-ethyl adjacent to an activating group) is 1. The fraction of sp³-hybridized carbons (Fsp3) is 0.333. The van der Waals surface area contributed by atoms with Crippen molar-refractivity contribution in [1.82, 2.24) is 9.88 Å². The molecule has 1 fully saturated rings. The SMILES string of the molecule is C[C@@H]1CN(C)C[C@H]1Oc1cccc(-c2cccc(C=O)c2)n1. The predicted octanol–water partition coefficient (Wildman–Crippen LogP) is 2.89. The monoisotopic (exact) mass is 296 g/mol. The number of aldehydes is 1. The Labute approximate surface area is 130 Å². The molecule has 0 amide bonds. The topological polar surface area (TPSA) is 42.4 Å². The van der Waals surface area contributed by atoms with E-state index in [0.29, 0.717) is 17.4 Å². The normalized spacial score (nSPS) is 21.7. The van der Waals surface area contributed by atoms with Crippen LogP contribution in [0, 0.1) is 5.92 Å². The van der Waals surface area contributed by atoms with E-state index in [1.54, 1.807) is 6.07 Å². The van der Waals surface area contributed by atoms with Gasteiger partial charge in [0.25, 0.3) is 0 Å². The summed E-state index contributed by atoms with van der Waals surface area (Å²) in [5.41, 5.74) is 2.39. The number of benzene rings is 1. The van der Waals surface area contributed by atoms with Gasteiger partial charge in [0.1, 0.15) is 12.4 Å². The van der Waals surface area contributed by atoms with Crippen molar-refractivity contribution in [2.45, 2.75) is 13.0 Å². The highest BCUT2D eigenvalue weighted by atomic mass is 16.5. The van der Waals surface area contributed by atoms with Gasteiger partial charge in [-0.2, -0.15) is 0 Å². The van der Waals surface area contributed by atoms with Gasteiger partial charge in [-0.3, -0.25) is 4.79 Å². The zero-order valence-electron chi connectivity index (χ0n) is 12.9. The maximum absolute atomic E-state index is 10.9. The molecule has 2 heterocycles. The van der Waals surface area contributed by atoms with Crippen molar-refractivity contribution in [1.29, 1.82) is 0 Å². The van der Waals surface area contributed by atoms with Crippen molar-refractivity contribution in [2.24, 2.45) is 5.92 Å². The lowest BCUT2D eigenvalue weighted by molar-refractivity contribution is 0.112. The Hall–Kier alpha value is -2.20. The Morgan fingerprint density at radius 1 is 1.23 bits per heavy atom. The van der Waals surface area contributed by atoms with Crippen LogP contribution in [-0.4, -0.2) is 42.4 Å². The van der Waals surface area contributed by atoms with Gasteiger partial charge < -0.3 is 9.64 Å². The van der Waals surface area contributed by atoms with E-state index in [9.17, 15) is 4.79 Å². The second-order valence-electron chi connectivity index (χ2n) is 5.96. The Morgan fingerprint density at radius 2 is 2.05 bits per heavy atom. The molecule has 2 atom stereocenters. The van der Waals surface area contributed by atoms with E-state index in [-0.39, 0.29) is 6.10 Å². The molecule has 0 radical (unpaired) electrons. The number of nitrogens with zero attached hydrogens (tertiary/aromatic N) is 2. The molecule has 0 bridgehead atoms. The van der Waals surface area contributed by atoms with Crippen molar-refractivity contribution in [3.8, 4) is 17.1 Å². The minimum absolute atomic E-state index is 0.175. The first kappa shape index (κ1) is 14.7. The third-order valence-corrected chi connectivity index (χ3v) is 4.04. The molecule has 1 aromatic carbocycles. The smallest absolute Gasteiger partial charge is 0.214 e. The zero-order chi connectivity index (χ0) is 15.5. The summed E-state index contributed by atoms with van der Waals surface area (Å²) in [6.07, 6.45) is 1.02. The molecule has 1 saturated heterocycles. The molecule has 0 N–H and O–H groups in total. The molecular weight excluding hydrogens is 276 g/mol. The highest BCUT2D eigenvalue weighted by Crippen LogP contribution is 2.24. The number of ether oxygens (including phenoxy) is 1. The molecule has 0 spiro atoms. The third kappa shape index (κ3) is 3.17. The second-order valence-corrected chi connectivity index (χ2v) is 5.96. The van der Waals surface area contributed by atoms with E-state index in [1.807, 2.05) is 36.4 Å². The highest BCUT2D eigenvalue weighted by molar-refractivity contribution is 5.78. The number of pyridine rings is 1. The summed E-state index contributed by atoms with van der Waals surface area (Å²) in [4.78, 5) is 17.8. The van der Waals surface area contributed by atoms with Crippen LogP contribution >= 0.6 is 0 Å². The molecule has 4 nitrogen and oxygen atoms in total.